The van der Waals surface area contributed by atoms with E-state index >= 15 is 0 Å². The highest BCUT2D eigenvalue weighted by Crippen LogP contribution is 2.29. The van der Waals surface area contributed by atoms with Crippen molar-refractivity contribution in [3.8, 4) is 17.1 Å². The number of thioether (sulfide) groups is 1. The minimum atomic E-state index is -0.523. The van der Waals surface area contributed by atoms with Gasteiger partial charge in [-0.15, -0.1) is 10.2 Å². The predicted octanol–water partition coefficient (Wildman–Crippen LogP) is 5.94. The molecule has 0 saturated carbocycles. The first-order valence-electron chi connectivity index (χ1n) is 13.9. The normalized spacial score (nSPS) is 15.3. The molecule has 41 heavy (non-hydrogen) atoms. The Balaban J connectivity index is 1.19. The van der Waals surface area contributed by atoms with Gasteiger partial charge in [0.15, 0.2) is 11.0 Å². The van der Waals surface area contributed by atoms with Crippen molar-refractivity contribution in [2.24, 2.45) is 0 Å². The Hall–Kier alpha value is -3.98. The van der Waals surface area contributed by atoms with Gasteiger partial charge in [0, 0.05) is 49.1 Å². The topological polar surface area (TPSA) is 71.3 Å². The molecule has 0 N–H and O–H groups in total. The number of nitrogens with zero attached hydrogens (tertiary/aromatic N) is 5. The predicted molar refractivity (Wildman–Crippen MR) is 160 cm³/mol. The van der Waals surface area contributed by atoms with Crippen LogP contribution in [0.15, 0.2) is 78.0 Å². The van der Waals surface area contributed by atoms with Crippen LogP contribution in [-0.4, -0.2) is 67.8 Å². The molecule has 2 heterocycles. The lowest BCUT2D eigenvalue weighted by Gasteiger charge is -2.40. The van der Waals surface area contributed by atoms with Crippen molar-refractivity contribution >= 4 is 23.6 Å². The molecular weight excluding hydrogens is 537 g/mol. The quantitative estimate of drug-likeness (QED) is 0.194. The van der Waals surface area contributed by atoms with E-state index in [4.69, 9.17) is 0 Å². The van der Waals surface area contributed by atoms with Crippen LogP contribution in [0.1, 0.15) is 41.3 Å². The fourth-order valence-corrected chi connectivity index (χ4v) is 5.89. The van der Waals surface area contributed by atoms with E-state index in [-0.39, 0.29) is 23.4 Å². The van der Waals surface area contributed by atoms with E-state index in [2.05, 4.69) is 77.1 Å². The number of amides is 2. The number of piperazine rings is 1. The molecule has 4 aromatic rings. The molecule has 1 aromatic heterocycles. The lowest BCUT2D eigenvalue weighted by molar-refractivity contribution is -0.133. The zero-order valence-corrected chi connectivity index (χ0v) is 24.4. The monoisotopic (exact) mass is 571 g/mol. The molecule has 0 bridgehead atoms. The first-order valence-corrected chi connectivity index (χ1v) is 14.9. The summed E-state index contributed by atoms with van der Waals surface area (Å²) in [5, 5.41) is 9.81. The van der Waals surface area contributed by atoms with Gasteiger partial charge in [-0.1, -0.05) is 71.4 Å². The summed E-state index contributed by atoms with van der Waals surface area (Å²) in [4.78, 5) is 29.4. The number of carbonyl (C=O) groups excluding carboxylic acids is 2. The van der Waals surface area contributed by atoms with Crippen LogP contribution in [-0.2, 0) is 4.79 Å². The molecule has 0 aliphatic carbocycles. The van der Waals surface area contributed by atoms with Crippen molar-refractivity contribution in [1.82, 2.24) is 24.6 Å². The number of halogens is 1. The maximum absolute atomic E-state index is 14.1. The van der Waals surface area contributed by atoms with Crippen LogP contribution in [0.5, 0.6) is 0 Å². The summed E-state index contributed by atoms with van der Waals surface area (Å²) in [5.41, 5.74) is 4.42. The molecule has 3 aromatic carbocycles. The molecular formula is C32H34FN5O2S. The van der Waals surface area contributed by atoms with Gasteiger partial charge in [0.25, 0.3) is 5.91 Å². The molecule has 212 valence electrons. The number of aryl methyl sites for hydroxylation is 2. The Labute approximate surface area is 244 Å². The first-order chi connectivity index (χ1) is 19.8. The summed E-state index contributed by atoms with van der Waals surface area (Å²) < 4.78 is 16.2. The third-order valence-electron chi connectivity index (χ3n) is 7.35. The second kappa shape index (κ2) is 12.7. The van der Waals surface area contributed by atoms with Gasteiger partial charge in [-0.2, -0.15) is 0 Å². The fourth-order valence-electron chi connectivity index (χ4n) is 5.00. The van der Waals surface area contributed by atoms with Gasteiger partial charge in [-0.3, -0.25) is 14.2 Å². The number of carbonyl (C=O) groups is 2. The number of benzene rings is 3. The second-order valence-corrected chi connectivity index (χ2v) is 11.5. The Morgan fingerprint density at radius 3 is 2.29 bits per heavy atom. The van der Waals surface area contributed by atoms with Crippen molar-refractivity contribution < 1.29 is 14.0 Å². The van der Waals surface area contributed by atoms with E-state index in [1.807, 2.05) is 11.8 Å². The highest BCUT2D eigenvalue weighted by molar-refractivity contribution is 7.99. The molecule has 1 unspecified atom stereocenters. The van der Waals surface area contributed by atoms with E-state index in [0.717, 1.165) is 22.2 Å². The summed E-state index contributed by atoms with van der Waals surface area (Å²) in [5.74, 6) is 0.706. The van der Waals surface area contributed by atoms with Gasteiger partial charge in [0.1, 0.15) is 5.82 Å². The molecule has 1 atom stereocenters. The van der Waals surface area contributed by atoms with Crippen molar-refractivity contribution in [2.45, 2.75) is 44.8 Å². The highest BCUT2D eigenvalue weighted by atomic mass is 32.2. The van der Waals surface area contributed by atoms with Gasteiger partial charge in [-0.05, 0) is 51.5 Å². The van der Waals surface area contributed by atoms with E-state index in [0.29, 0.717) is 38.2 Å². The van der Waals surface area contributed by atoms with Crippen LogP contribution in [0.2, 0.25) is 0 Å². The van der Waals surface area contributed by atoms with Crippen molar-refractivity contribution in [3.05, 3.63) is 95.3 Å². The zero-order chi connectivity index (χ0) is 28.9. The van der Waals surface area contributed by atoms with Crippen molar-refractivity contribution in [1.29, 1.82) is 0 Å². The standard InChI is InChI=1S/C32H34FN5O2S/c1-22-10-14-25(15-11-22)30-34-35-32(38(30)26-16-12-23(2)13-17-26)41-20-6-9-29(39)36-18-19-37(24(3)21-36)31(40)27-7-4-5-8-28(27)33/h4-5,7-8,10-17,24H,6,9,18-21H2,1-3H3. The largest absolute Gasteiger partial charge is 0.339 e. The first kappa shape index (κ1) is 28.5. The lowest BCUT2D eigenvalue weighted by Crippen LogP contribution is -2.55. The molecule has 0 spiro atoms. The van der Waals surface area contributed by atoms with Crippen molar-refractivity contribution in [3.63, 3.8) is 0 Å². The number of rotatable bonds is 8. The van der Waals surface area contributed by atoms with Crippen LogP contribution in [0.25, 0.3) is 17.1 Å². The number of hydrogen-bond donors (Lipinski definition) is 0. The summed E-state index contributed by atoms with van der Waals surface area (Å²) in [6.45, 7) is 7.29. The van der Waals surface area contributed by atoms with Crippen LogP contribution >= 0.6 is 11.8 Å². The third kappa shape index (κ3) is 6.51. The maximum atomic E-state index is 14.1. The molecule has 2 amide bonds. The highest BCUT2D eigenvalue weighted by Gasteiger charge is 2.31. The zero-order valence-electron chi connectivity index (χ0n) is 23.6. The van der Waals surface area contributed by atoms with E-state index in [1.165, 1.54) is 23.3 Å². The molecule has 7 nitrogen and oxygen atoms in total. The molecule has 5 rings (SSSR count). The Morgan fingerprint density at radius 1 is 0.927 bits per heavy atom. The van der Waals surface area contributed by atoms with Crippen LogP contribution in [0.3, 0.4) is 0 Å². The average molecular weight is 572 g/mol. The third-order valence-corrected chi connectivity index (χ3v) is 8.36. The average Bonchev–Trinajstić information content (AvgIpc) is 3.39. The maximum Gasteiger partial charge on any atom is 0.257 e. The molecule has 1 aliphatic heterocycles. The van der Waals surface area contributed by atoms with Gasteiger partial charge in [0.05, 0.1) is 5.56 Å². The van der Waals surface area contributed by atoms with E-state index in [9.17, 15) is 14.0 Å². The Morgan fingerprint density at radius 2 is 1.61 bits per heavy atom. The Bertz CT molecular complexity index is 1520. The molecule has 9 heteroatoms. The lowest BCUT2D eigenvalue weighted by atomic mass is 10.1. The summed E-state index contributed by atoms with van der Waals surface area (Å²) >= 11 is 1.59. The van der Waals surface area contributed by atoms with Crippen LogP contribution in [0.4, 0.5) is 4.39 Å². The smallest absolute Gasteiger partial charge is 0.257 e. The summed E-state index contributed by atoms with van der Waals surface area (Å²) in [6, 6.07) is 22.4. The van der Waals surface area contributed by atoms with E-state index in [1.54, 1.807) is 28.8 Å². The summed E-state index contributed by atoms with van der Waals surface area (Å²) in [7, 11) is 0. The van der Waals surface area contributed by atoms with E-state index < -0.39 is 5.82 Å². The summed E-state index contributed by atoms with van der Waals surface area (Å²) in [6.07, 6.45) is 1.09. The van der Waals surface area contributed by atoms with Gasteiger partial charge in [0.2, 0.25) is 5.91 Å². The molecule has 1 saturated heterocycles. The number of aromatic nitrogens is 3. The van der Waals surface area contributed by atoms with Gasteiger partial charge >= 0.3 is 0 Å². The minimum Gasteiger partial charge on any atom is -0.339 e. The molecule has 1 aliphatic rings. The van der Waals surface area contributed by atoms with Gasteiger partial charge < -0.3 is 9.80 Å². The van der Waals surface area contributed by atoms with Crippen LogP contribution in [0, 0.1) is 19.7 Å². The number of hydrogen-bond acceptors (Lipinski definition) is 5. The fraction of sp³-hybridized carbons (Fsp3) is 0.312. The SMILES string of the molecule is Cc1ccc(-c2nnc(SCCCC(=O)N3CCN(C(=O)c4ccccc4F)C(C)C3)n2-c2ccc(C)cc2)cc1. The Kier molecular flexibility index (Phi) is 8.83. The van der Waals surface area contributed by atoms with Crippen LogP contribution < -0.4 is 0 Å². The second-order valence-electron chi connectivity index (χ2n) is 10.5. The minimum absolute atomic E-state index is 0.0655. The molecule has 1 fully saturated rings. The van der Waals surface area contributed by atoms with Crippen molar-refractivity contribution in [2.75, 3.05) is 25.4 Å². The van der Waals surface area contributed by atoms with Gasteiger partial charge in [-0.25, -0.2) is 4.39 Å². The molecule has 0 radical (unpaired) electrons.